The average Bonchev–Trinajstić information content (AvgIpc) is 3.21. The van der Waals surface area contributed by atoms with Crippen molar-refractivity contribution in [2.75, 3.05) is 27.2 Å². The van der Waals surface area contributed by atoms with Crippen LogP contribution in [0.5, 0.6) is 0 Å². The Bertz CT molecular complexity index is 1260. The van der Waals surface area contributed by atoms with Gasteiger partial charge in [-0.2, -0.15) is 0 Å². The van der Waals surface area contributed by atoms with Gasteiger partial charge in [0.15, 0.2) is 0 Å². The van der Waals surface area contributed by atoms with Crippen molar-refractivity contribution in [2.24, 2.45) is 0 Å². The first-order chi connectivity index (χ1) is 15.2. The van der Waals surface area contributed by atoms with Gasteiger partial charge in [-0.3, -0.25) is 9.59 Å². The van der Waals surface area contributed by atoms with E-state index < -0.39 is 29.3 Å². The van der Waals surface area contributed by atoms with Crippen LogP contribution in [0.1, 0.15) is 28.6 Å². The maximum Gasteiger partial charge on any atom is 0.295 e. The van der Waals surface area contributed by atoms with Crippen LogP contribution in [0.2, 0.25) is 0 Å². The van der Waals surface area contributed by atoms with Crippen LogP contribution >= 0.6 is 0 Å². The van der Waals surface area contributed by atoms with E-state index in [2.05, 4.69) is 4.98 Å². The molecule has 1 amide bonds. The van der Waals surface area contributed by atoms with Crippen molar-refractivity contribution >= 4 is 23.1 Å². The number of hydrogen-bond acceptors (Lipinski definition) is 4. The number of aromatic nitrogens is 2. The maximum absolute atomic E-state index is 14.1. The summed E-state index contributed by atoms with van der Waals surface area (Å²) in [6.45, 7) is 4.41. The Hall–Kier alpha value is -3.52. The molecule has 0 spiro atoms. The lowest BCUT2D eigenvalue weighted by atomic mass is 9.96. The fourth-order valence-corrected chi connectivity index (χ4v) is 4.19. The summed E-state index contributed by atoms with van der Waals surface area (Å²) in [6.07, 6.45) is 1.71. The van der Waals surface area contributed by atoms with Gasteiger partial charge in [-0.25, -0.2) is 9.37 Å². The second-order valence-corrected chi connectivity index (χ2v) is 8.42. The van der Waals surface area contributed by atoms with E-state index in [4.69, 9.17) is 0 Å². The number of likely N-dealkylation sites (tertiary alicyclic amines) is 1. The van der Waals surface area contributed by atoms with Crippen molar-refractivity contribution in [1.82, 2.24) is 14.3 Å². The molecular weight excluding hydrogens is 411 g/mol. The number of hydrogen-bond donors (Lipinski definition) is 1. The van der Waals surface area contributed by atoms with Gasteiger partial charge in [0.2, 0.25) is 5.78 Å². The zero-order chi connectivity index (χ0) is 23.2. The molecule has 0 saturated carbocycles. The lowest BCUT2D eigenvalue weighted by Crippen LogP contribution is -3.06. The molecule has 1 N–H and O–H groups in total. The number of fused-ring (bicyclic) bond motifs is 1. The Morgan fingerprint density at radius 2 is 1.94 bits per heavy atom. The lowest BCUT2D eigenvalue weighted by molar-refractivity contribution is -0.857. The molecule has 1 unspecified atom stereocenters. The second kappa shape index (κ2) is 8.20. The van der Waals surface area contributed by atoms with Crippen LogP contribution < -0.4 is 10.0 Å². The summed E-state index contributed by atoms with van der Waals surface area (Å²) in [5.41, 5.74) is 2.42. The van der Waals surface area contributed by atoms with Gasteiger partial charge in [-0.05, 0) is 43.2 Å². The zero-order valence-corrected chi connectivity index (χ0v) is 18.5. The van der Waals surface area contributed by atoms with E-state index in [1.54, 1.807) is 29.7 Å². The fraction of sp³-hybridized carbons (Fsp3) is 0.292. The van der Waals surface area contributed by atoms with Crippen LogP contribution in [-0.4, -0.2) is 53.2 Å². The number of aryl methyl sites for hydroxylation is 2. The SMILES string of the molecule is Cc1nc2c(C)cccn2c1C([O-])=C1C(=O)C(=O)N(CC[NH+](C)C)C1c1cccc(F)c1. The number of nitrogens with zero attached hydrogens (tertiary/aromatic N) is 3. The molecule has 32 heavy (non-hydrogen) atoms. The van der Waals surface area contributed by atoms with Crippen molar-refractivity contribution < 1.29 is 24.0 Å². The molecule has 166 valence electrons. The van der Waals surface area contributed by atoms with E-state index in [-0.39, 0.29) is 17.8 Å². The summed E-state index contributed by atoms with van der Waals surface area (Å²) in [4.78, 5) is 33.0. The summed E-state index contributed by atoms with van der Waals surface area (Å²) in [5.74, 6) is -2.65. The summed E-state index contributed by atoms with van der Waals surface area (Å²) in [7, 11) is 3.86. The van der Waals surface area contributed by atoms with Crippen molar-refractivity contribution in [1.29, 1.82) is 0 Å². The molecule has 3 aromatic rings. The van der Waals surface area contributed by atoms with Crippen LogP contribution in [-0.2, 0) is 9.59 Å². The number of rotatable bonds is 5. The van der Waals surface area contributed by atoms with Gasteiger partial charge in [-0.1, -0.05) is 24.0 Å². The molecule has 2 aromatic heterocycles. The highest BCUT2D eigenvalue weighted by Gasteiger charge is 2.44. The molecule has 1 fully saturated rings. The normalized spacial score (nSPS) is 18.3. The predicted octanol–water partition coefficient (Wildman–Crippen LogP) is 0.459. The fourth-order valence-electron chi connectivity index (χ4n) is 4.19. The maximum atomic E-state index is 14.1. The molecule has 1 aliphatic heterocycles. The molecule has 0 aliphatic carbocycles. The van der Waals surface area contributed by atoms with Gasteiger partial charge in [0.05, 0.1) is 44.6 Å². The minimum atomic E-state index is -0.952. The number of imidazole rings is 1. The third-order valence-corrected chi connectivity index (χ3v) is 5.78. The average molecular weight is 436 g/mol. The van der Waals surface area contributed by atoms with E-state index >= 15 is 0 Å². The minimum absolute atomic E-state index is 0.166. The molecule has 8 heteroatoms. The molecule has 1 atom stereocenters. The number of pyridine rings is 1. The van der Waals surface area contributed by atoms with Crippen molar-refractivity contribution in [3.63, 3.8) is 0 Å². The Labute approximate surface area is 185 Å². The van der Waals surface area contributed by atoms with Gasteiger partial charge in [0.25, 0.3) is 5.91 Å². The minimum Gasteiger partial charge on any atom is -0.871 e. The third kappa shape index (κ3) is 3.56. The number of carbonyl (C=O) groups is 2. The zero-order valence-electron chi connectivity index (χ0n) is 18.5. The number of Topliss-reactive ketones (excluding diaryl/α,β-unsaturated/α-hetero) is 1. The second-order valence-electron chi connectivity index (χ2n) is 8.42. The first kappa shape index (κ1) is 21.7. The first-order valence-corrected chi connectivity index (χ1v) is 10.5. The van der Waals surface area contributed by atoms with Gasteiger partial charge in [0, 0.05) is 11.8 Å². The van der Waals surface area contributed by atoms with E-state index in [1.165, 1.54) is 23.1 Å². The Balaban J connectivity index is 1.95. The van der Waals surface area contributed by atoms with Crippen LogP contribution in [0.25, 0.3) is 11.4 Å². The summed E-state index contributed by atoms with van der Waals surface area (Å²) < 4.78 is 15.7. The van der Waals surface area contributed by atoms with Crippen LogP contribution in [0.3, 0.4) is 0 Å². The van der Waals surface area contributed by atoms with Crippen LogP contribution in [0.4, 0.5) is 4.39 Å². The monoisotopic (exact) mass is 436 g/mol. The number of ketones is 1. The van der Waals surface area contributed by atoms with Crippen LogP contribution in [0.15, 0.2) is 48.2 Å². The highest BCUT2D eigenvalue weighted by molar-refractivity contribution is 6.46. The number of carbonyl (C=O) groups excluding carboxylic acids is 2. The molecule has 0 radical (unpaired) electrons. The number of likely N-dealkylation sites (N-methyl/N-ethyl adjacent to an activating group) is 1. The van der Waals surface area contributed by atoms with E-state index in [9.17, 15) is 19.1 Å². The molecule has 1 aliphatic rings. The van der Waals surface area contributed by atoms with Gasteiger partial charge < -0.3 is 19.3 Å². The number of benzene rings is 1. The highest BCUT2D eigenvalue weighted by atomic mass is 19.1. The number of halogens is 1. The predicted molar refractivity (Wildman–Crippen MR) is 115 cm³/mol. The summed E-state index contributed by atoms with van der Waals surface area (Å²) in [6, 6.07) is 8.43. The number of amides is 1. The third-order valence-electron chi connectivity index (χ3n) is 5.78. The topological polar surface area (TPSA) is 82.2 Å². The van der Waals surface area contributed by atoms with Crippen molar-refractivity contribution in [3.05, 3.63) is 76.5 Å². The van der Waals surface area contributed by atoms with Crippen molar-refractivity contribution in [2.45, 2.75) is 19.9 Å². The highest BCUT2D eigenvalue weighted by Crippen LogP contribution is 2.39. The largest absolute Gasteiger partial charge is 0.871 e. The van der Waals surface area contributed by atoms with Gasteiger partial charge in [0.1, 0.15) is 11.5 Å². The standard InChI is InChI=1S/C24H25FN4O3/c1-14-7-6-10-28-19(15(2)26-23(14)28)21(30)18-20(16-8-5-9-17(25)13-16)29(12-11-27(3)4)24(32)22(18)31/h5-10,13,20,30H,11-12H2,1-4H3. The van der Waals surface area contributed by atoms with E-state index in [1.807, 2.05) is 27.1 Å². The lowest BCUT2D eigenvalue weighted by Gasteiger charge is -2.27. The molecule has 4 rings (SSSR count). The Kier molecular flexibility index (Phi) is 5.56. The summed E-state index contributed by atoms with van der Waals surface area (Å²) in [5, 5.41) is 13.8. The Morgan fingerprint density at radius 3 is 2.62 bits per heavy atom. The molecule has 0 bridgehead atoms. The van der Waals surface area contributed by atoms with E-state index in [0.29, 0.717) is 23.4 Å². The van der Waals surface area contributed by atoms with Crippen molar-refractivity contribution in [3.8, 4) is 0 Å². The molecule has 3 heterocycles. The quantitative estimate of drug-likeness (QED) is 0.358. The number of nitrogens with one attached hydrogen (secondary N) is 1. The molecular formula is C24H25FN4O3. The summed E-state index contributed by atoms with van der Waals surface area (Å²) >= 11 is 0. The molecule has 1 saturated heterocycles. The molecule has 7 nitrogen and oxygen atoms in total. The van der Waals surface area contributed by atoms with Crippen LogP contribution in [0, 0.1) is 19.7 Å². The van der Waals surface area contributed by atoms with Gasteiger partial charge in [-0.15, -0.1) is 0 Å². The number of quaternary nitrogens is 1. The molecule has 1 aromatic carbocycles. The smallest absolute Gasteiger partial charge is 0.295 e. The van der Waals surface area contributed by atoms with E-state index in [0.717, 1.165) is 10.5 Å². The van der Waals surface area contributed by atoms with Gasteiger partial charge >= 0.3 is 0 Å². The Morgan fingerprint density at radius 1 is 1.19 bits per heavy atom. The first-order valence-electron chi connectivity index (χ1n) is 10.5.